The van der Waals surface area contributed by atoms with Crippen LogP contribution in [0.3, 0.4) is 0 Å². The summed E-state index contributed by atoms with van der Waals surface area (Å²) >= 11 is 1.65. The fraction of sp³-hybridized carbons (Fsp3) is 0.250. The number of carboxylic acid groups (broad SMARTS) is 1. The molecule has 0 aliphatic heterocycles. The number of rotatable bonds is 3. The van der Waals surface area contributed by atoms with Gasteiger partial charge >= 0.3 is 5.97 Å². The number of carboxylic acids is 1. The van der Waals surface area contributed by atoms with Crippen LogP contribution in [0.4, 0.5) is 13.2 Å². The predicted molar refractivity (Wildman–Crippen MR) is 53.2 cm³/mol. The zero-order valence-corrected chi connectivity index (χ0v) is 9.33. The fourth-order valence-electron chi connectivity index (χ4n) is 0.986. The van der Waals surface area contributed by atoms with Crippen LogP contribution in [0.5, 0.6) is 0 Å². The van der Waals surface area contributed by atoms with Crippen molar-refractivity contribution < 1.29 is 23.1 Å². The highest BCUT2D eigenvalue weighted by atomic mass is 127. The Morgan fingerprint density at radius 1 is 1.60 bits per heavy atom. The summed E-state index contributed by atoms with van der Waals surface area (Å²) < 4.78 is 38.0. The molecule has 0 radical (unpaired) electrons. The molecule has 0 saturated carbocycles. The fourth-order valence-corrected chi connectivity index (χ4v) is 1.55. The number of carbonyl (C=O) groups is 1. The summed E-state index contributed by atoms with van der Waals surface area (Å²) in [5.74, 6) is -2.52. The van der Waals surface area contributed by atoms with Crippen LogP contribution < -0.4 is 0 Å². The van der Waals surface area contributed by atoms with Crippen LogP contribution in [0.25, 0.3) is 0 Å². The summed E-state index contributed by atoms with van der Waals surface area (Å²) in [5, 5.41) is 8.47. The Hall–Kier alpha value is -0.860. The van der Waals surface area contributed by atoms with Gasteiger partial charge in [0.15, 0.2) is 5.82 Å². The minimum absolute atomic E-state index is 0.219. The summed E-state index contributed by atoms with van der Waals surface area (Å²) in [6.45, 7) is 0. The van der Waals surface area contributed by atoms with Crippen LogP contribution in [0.1, 0.15) is 17.7 Å². The van der Waals surface area contributed by atoms with Crippen LogP contribution >= 0.6 is 22.6 Å². The zero-order chi connectivity index (χ0) is 11.6. The molecule has 0 saturated heterocycles. The van der Waals surface area contributed by atoms with E-state index >= 15 is 0 Å². The molecular weight excluding hydrogens is 326 g/mol. The van der Waals surface area contributed by atoms with E-state index in [9.17, 15) is 18.0 Å². The maximum atomic E-state index is 13.3. The Bertz CT molecular complexity index is 398. The van der Waals surface area contributed by atoms with E-state index < -0.39 is 30.3 Å². The lowest BCUT2D eigenvalue weighted by atomic mass is 10.1. The monoisotopic (exact) mass is 331 g/mol. The molecule has 1 N–H and O–H groups in total. The van der Waals surface area contributed by atoms with E-state index in [0.717, 1.165) is 6.20 Å². The van der Waals surface area contributed by atoms with E-state index in [1.807, 2.05) is 0 Å². The molecule has 3 nitrogen and oxygen atoms in total. The van der Waals surface area contributed by atoms with Crippen LogP contribution in [0.2, 0.25) is 0 Å². The molecule has 82 valence electrons. The first-order valence-electron chi connectivity index (χ1n) is 3.76. The van der Waals surface area contributed by atoms with E-state index in [2.05, 4.69) is 4.98 Å². The molecule has 0 bridgehead atoms. The van der Waals surface area contributed by atoms with Crippen molar-refractivity contribution in [3.8, 4) is 0 Å². The lowest BCUT2D eigenvalue weighted by molar-refractivity contribution is -0.136. The minimum atomic E-state index is -3.05. The molecule has 0 aliphatic rings. The molecule has 0 aromatic carbocycles. The van der Waals surface area contributed by atoms with Crippen molar-refractivity contribution in [2.24, 2.45) is 0 Å². The van der Waals surface area contributed by atoms with E-state index in [4.69, 9.17) is 5.11 Å². The zero-order valence-electron chi connectivity index (χ0n) is 7.18. The maximum Gasteiger partial charge on any atom is 0.307 e. The number of nitrogens with zero attached hydrogens (tertiary/aromatic N) is 1. The number of hydrogen-bond donors (Lipinski definition) is 1. The number of aromatic nitrogens is 1. The predicted octanol–water partition coefficient (Wildman–Crippen LogP) is 2.39. The Labute approximate surface area is 96.5 Å². The first kappa shape index (κ1) is 12.2. The van der Waals surface area contributed by atoms with Gasteiger partial charge in [-0.2, -0.15) is 0 Å². The second kappa shape index (κ2) is 4.77. The average Bonchev–Trinajstić information content (AvgIpc) is 2.11. The summed E-state index contributed by atoms with van der Waals surface area (Å²) in [5.41, 5.74) is -1.26. The molecule has 0 amide bonds. The molecule has 0 unspecified atom stereocenters. The number of halogens is 4. The average molecular weight is 331 g/mol. The van der Waals surface area contributed by atoms with Crippen LogP contribution in [0, 0.1) is 9.39 Å². The van der Waals surface area contributed by atoms with E-state index in [0.29, 0.717) is 0 Å². The van der Waals surface area contributed by atoms with Gasteiger partial charge in [0.25, 0.3) is 6.43 Å². The summed E-state index contributed by atoms with van der Waals surface area (Å²) in [4.78, 5) is 13.6. The molecule has 1 aromatic heterocycles. The second-order valence-electron chi connectivity index (χ2n) is 2.66. The number of aliphatic carboxylic acids is 1. The van der Waals surface area contributed by atoms with Crippen molar-refractivity contribution in [1.82, 2.24) is 4.98 Å². The molecule has 0 spiro atoms. The maximum absolute atomic E-state index is 13.3. The highest BCUT2D eigenvalue weighted by Crippen LogP contribution is 2.25. The number of pyridine rings is 1. The van der Waals surface area contributed by atoms with Crippen molar-refractivity contribution in [3.05, 3.63) is 26.8 Å². The largest absolute Gasteiger partial charge is 0.481 e. The summed E-state index contributed by atoms with van der Waals surface area (Å²) in [6, 6.07) is 0. The molecule has 0 aliphatic carbocycles. The molecule has 15 heavy (non-hydrogen) atoms. The highest BCUT2D eigenvalue weighted by molar-refractivity contribution is 14.1. The van der Waals surface area contributed by atoms with Crippen LogP contribution in [-0.4, -0.2) is 16.1 Å². The SMILES string of the molecule is O=C(O)Cc1c(I)cnc(C(F)F)c1F. The third-order valence-electron chi connectivity index (χ3n) is 1.63. The second-order valence-corrected chi connectivity index (χ2v) is 3.82. The number of alkyl halides is 2. The molecule has 7 heteroatoms. The third kappa shape index (κ3) is 2.80. The highest BCUT2D eigenvalue weighted by Gasteiger charge is 2.21. The lowest BCUT2D eigenvalue weighted by Gasteiger charge is -2.07. The van der Waals surface area contributed by atoms with Gasteiger partial charge < -0.3 is 5.11 Å². The van der Waals surface area contributed by atoms with Crippen LogP contribution in [-0.2, 0) is 11.2 Å². The molecule has 0 fully saturated rings. The third-order valence-corrected chi connectivity index (χ3v) is 2.56. The molecule has 1 heterocycles. The minimum Gasteiger partial charge on any atom is -0.481 e. The van der Waals surface area contributed by atoms with Gasteiger partial charge in [0, 0.05) is 15.3 Å². The molecular formula is C8H5F3INO2. The van der Waals surface area contributed by atoms with Gasteiger partial charge in [-0.25, -0.2) is 13.2 Å². The van der Waals surface area contributed by atoms with Crippen molar-refractivity contribution in [2.45, 2.75) is 12.8 Å². The molecule has 0 atom stereocenters. The topological polar surface area (TPSA) is 50.2 Å². The standard InChI is InChI=1S/C8H5F3INO2/c9-6-3(1-5(14)15)4(12)2-13-7(6)8(10)11/h2,8H,1H2,(H,14,15). The van der Waals surface area contributed by atoms with Crippen molar-refractivity contribution in [2.75, 3.05) is 0 Å². The van der Waals surface area contributed by atoms with Gasteiger partial charge in [-0.15, -0.1) is 0 Å². The van der Waals surface area contributed by atoms with E-state index in [-0.39, 0.29) is 9.13 Å². The number of hydrogen-bond acceptors (Lipinski definition) is 2. The Kier molecular flexibility index (Phi) is 3.89. The lowest BCUT2D eigenvalue weighted by Crippen LogP contribution is -2.09. The van der Waals surface area contributed by atoms with Crippen molar-refractivity contribution in [1.29, 1.82) is 0 Å². The van der Waals surface area contributed by atoms with Gasteiger partial charge in [-0.1, -0.05) is 0 Å². The van der Waals surface area contributed by atoms with Gasteiger partial charge in [0.1, 0.15) is 5.69 Å². The van der Waals surface area contributed by atoms with E-state index in [1.165, 1.54) is 0 Å². The van der Waals surface area contributed by atoms with Crippen molar-refractivity contribution in [3.63, 3.8) is 0 Å². The van der Waals surface area contributed by atoms with Gasteiger partial charge in [0.05, 0.1) is 6.42 Å². The first-order valence-corrected chi connectivity index (χ1v) is 4.84. The molecule has 1 aromatic rings. The summed E-state index contributed by atoms with van der Waals surface area (Å²) in [7, 11) is 0. The Morgan fingerprint density at radius 2 is 2.20 bits per heavy atom. The van der Waals surface area contributed by atoms with Gasteiger partial charge in [-0.3, -0.25) is 9.78 Å². The Morgan fingerprint density at radius 3 is 2.67 bits per heavy atom. The quantitative estimate of drug-likeness (QED) is 0.866. The molecule has 1 rings (SSSR count). The smallest absolute Gasteiger partial charge is 0.307 e. The van der Waals surface area contributed by atoms with E-state index in [1.54, 1.807) is 22.6 Å². The first-order chi connectivity index (χ1) is 6.93. The van der Waals surface area contributed by atoms with Crippen molar-refractivity contribution >= 4 is 28.6 Å². The Balaban J connectivity index is 3.23. The summed E-state index contributed by atoms with van der Waals surface area (Å²) in [6.07, 6.45) is -2.65. The van der Waals surface area contributed by atoms with Gasteiger partial charge in [-0.05, 0) is 22.6 Å². The van der Waals surface area contributed by atoms with Gasteiger partial charge in [0.2, 0.25) is 0 Å². The van der Waals surface area contributed by atoms with Crippen LogP contribution in [0.15, 0.2) is 6.20 Å². The normalized spacial score (nSPS) is 10.7.